The van der Waals surface area contributed by atoms with E-state index in [0.29, 0.717) is 27.9 Å². The van der Waals surface area contributed by atoms with Crippen molar-refractivity contribution in [3.8, 4) is 11.3 Å². The molecule has 0 aliphatic rings. The van der Waals surface area contributed by atoms with Crippen molar-refractivity contribution in [1.29, 1.82) is 0 Å². The zero-order chi connectivity index (χ0) is 19.3. The maximum Gasteiger partial charge on any atom is 0.292 e. The molecule has 0 radical (unpaired) electrons. The lowest BCUT2D eigenvalue weighted by Crippen LogP contribution is -2.13. The van der Waals surface area contributed by atoms with E-state index in [1.807, 2.05) is 31.2 Å². The van der Waals surface area contributed by atoms with E-state index in [0.717, 1.165) is 16.5 Å². The highest BCUT2D eigenvalue weighted by molar-refractivity contribution is 6.33. The van der Waals surface area contributed by atoms with Crippen LogP contribution in [0.2, 0.25) is 5.02 Å². The van der Waals surface area contributed by atoms with Crippen molar-refractivity contribution in [3.63, 3.8) is 0 Å². The number of nitrogens with zero attached hydrogens (tertiary/aromatic N) is 2. The molecule has 0 fully saturated rings. The monoisotopic (exact) mass is 391 g/mol. The molecule has 0 bridgehead atoms. The van der Waals surface area contributed by atoms with Gasteiger partial charge in [-0.05, 0) is 43.3 Å². The van der Waals surface area contributed by atoms with Gasteiger partial charge in [0.1, 0.15) is 17.2 Å². The van der Waals surface area contributed by atoms with Gasteiger partial charge in [0.05, 0.1) is 17.0 Å². The second kappa shape index (κ2) is 6.28. The molecule has 0 aliphatic carbocycles. The lowest BCUT2D eigenvalue weighted by molar-refractivity contribution is 0.0997. The average molecular weight is 392 g/mol. The van der Waals surface area contributed by atoms with E-state index in [-0.39, 0.29) is 11.7 Å². The van der Waals surface area contributed by atoms with Gasteiger partial charge in [0.15, 0.2) is 11.4 Å². The molecule has 7 heteroatoms. The van der Waals surface area contributed by atoms with Gasteiger partial charge >= 0.3 is 0 Å². The molecule has 4 aromatic heterocycles. The molecule has 1 amide bonds. The van der Waals surface area contributed by atoms with Crippen LogP contribution in [0, 0.1) is 6.92 Å². The number of amides is 1. The predicted molar refractivity (Wildman–Crippen MR) is 107 cm³/mol. The smallest absolute Gasteiger partial charge is 0.292 e. The molecule has 0 unspecified atom stereocenters. The summed E-state index contributed by atoms with van der Waals surface area (Å²) in [5.74, 6) is 0.972. The van der Waals surface area contributed by atoms with E-state index in [1.54, 1.807) is 41.1 Å². The highest BCUT2D eigenvalue weighted by Gasteiger charge is 2.17. The Balaban J connectivity index is 1.45. The van der Waals surface area contributed by atoms with Crippen LogP contribution in [0.4, 0.5) is 5.82 Å². The summed E-state index contributed by atoms with van der Waals surface area (Å²) >= 11 is 6.18. The Morgan fingerprint density at radius 2 is 2.07 bits per heavy atom. The van der Waals surface area contributed by atoms with Crippen LogP contribution in [0.5, 0.6) is 0 Å². The Morgan fingerprint density at radius 3 is 2.96 bits per heavy atom. The van der Waals surface area contributed by atoms with Gasteiger partial charge in [0.2, 0.25) is 0 Å². The standard InChI is InChI=1S/C21H14ClN3O3/c1-12-19(25-9-2-3-15(22)20(25)23-12)24-21(26)17-7-6-16(28-17)14-5-4-13-8-10-27-18(13)11-14/h2-11H,1H3,(H,24,26). The minimum atomic E-state index is -0.366. The fraction of sp³-hybridized carbons (Fsp3) is 0.0476. The van der Waals surface area contributed by atoms with Gasteiger partial charge in [-0.1, -0.05) is 23.7 Å². The Bertz CT molecular complexity index is 1350. The van der Waals surface area contributed by atoms with Gasteiger partial charge in [-0.15, -0.1) is 0 Å². The van der Waals surface area contributed by atoms with Gasteiger partial charge in [-0.2, -0.15) is 0 Å². The first-order valence-electron chi connectivity index (χ1n) is 8.62. The third kappa shape index (κ3) is 2.66. The van der Waals surface area contributed by atoms with Crippen LogP contribution < -0.4 is 5.32 Å². The third-order valence-corrected chi connectivity index (χ3v) is 4.87. The fourth-order valence-corrected chi connectivity index (χ4v) is 3.40. The molecule has 0 spiro atoms. The molecule has 0 saturated carbocycles. The van der Waals surface area contributed by atoms with Crippen molar-refractivity contribution in [2.45, 2.75) is 6.92 Å². The second-order valence-corrected chi connectivity index (χ2v) is 6.79. The van der Waals surface area contributed by atoms with Gasteiger partial charge < -0.3 is 14.2 Å². The Labute approximate surface area is 164 Å². The number of carbonyl (C=O) groups excluding carboxylic acids is 1. The van der Waals surface area contributed by atoms with Gasteiger partial charge in [0, 0.05) is 17.1 Å². The second-order valence-electron chi connectivity index (χ2n) is 6.39. The summed E-state index contributed by atoms with van der Waals surface area (Å²) in [6.07, 6.45) is 3.43. The normalized spacial score (nSPS) is 11.4. The van der Waals surface area contributed by atoms with Crippen LogP contribution in [-0.2, 0) is 0 Å². The van der Waals surface area contributed by atoms with Crippen molar-refractivity contribution in [2.24, 2.45) is 0 Å². The van der Waals surface area contributed by atoms with Crippen molar-refractivity contribution in [2.75, 3.05) is 5.32 Å². The summed E-state index contributed by atoms with van der Waals surface area (Å²) in [6, 6.07) is 14.6. The first-order valence-corrected chi connectivity index (χ1v) is 9.00. The topological polar surface area (TPSA) is 72.7 Å². The molecule has 1 N–H and O–H groups in total. The van der Waals surface area contributed by atoms with Crippen molar-refractivity contribution in [1.82, 2.24) is 9.38 Å². The maximum atomic E-state index is 12.7. The number of halogens is 1. The third-order valence-electron chi connectivity index (χ3n) is 4.58. The SMILES string of the molecule is Cc1nc2c(Cl)cccn2c1NC(=O)c1ccc(-c2ccc3ccoc3c2)o1. The number of hydrogen-bond acceptors (Lipinski definition) is 4. The van der Waals surface area contributed by atoms with E-state index in [4.69, 9.17) is 20.4 Å². The molecule has 0 saturated heterocycles. The number of furan rings is 2. The Morgan fingerprint density at radius 1 is 1.18 bits per heavy atom. The zero-order valence-corrected chi connectivity index (χ0v) is 15.5. The van der Waals surface area contributed by atoms with E-state index in [2.05, 4.69) is 10.3 Å². The largest absolute Gasteiger partial charge is 0.464 e. The molecule has 0 atom stereocenters. The lowest BCUT2D eigenvalue weighted by atomic mass is 10.1. The summed E-state index contributed by atoms with van der Waals surface area (Å²) in [4.78, 5) is 17.1. The van der Waals surface area contributed by atoms with Crippen LogP contribution in [0.1, 0.15) is 16.2 Å². The summed E-state index contributed by atoms with van der Waals surface area (Å²) in [6.45, 7) is 1.81. The van der Waals surface area contributed by atoms with Crippen molar-refractivity contribution < 1.29 is 13.6 Å². The molecule has 28 heavy (non-hydrogen) atoms. The Hall–Kier alpha value is -3.51. The van der Waals surface area contributed by atoms with Crippen molar-refractivity contribution in [3.05, 3.63) is 77.5 Å². The fourth-order valence-electron chi connectivity index (χ4n) is 3.19. The molecule has 6 nitrogen and oxygen atoms in total. The number of benzene rings is 1. The molecule has 4 heterocycles. The number of aryl methyl sites for hydroxylation is 1. The van der Waals surface area contributed by atoms with E-state index >= 15 is 0 Å². The summed E-state index contributed by atoms with van der Waals surface area (Å²) in [5.41, 5.74) is 2.85. The van der Waals surface area contributed by atoms with Crippen LogP contribution >= 0.6 is 11.6 Å². The number of fused-ring (bicyclic) bond motifs is 2. The summed E-state index contributed by atoms with van der Waals surface area (Å²) < 4.78 is 12.9. The van der Waals surface area contributed by atoms with E-state index in [9.17, 15) is 4.79 Å². The van der Waals surface area contributed by atoms with Crippen LogP contribution in [0.3, 0.4) is 0 Å². The molecule has 0 aliphatic heterocycles. The average Bonchev–Trinajstić information content (AvgIpc) is 3.41. The van der Waals surface area contributed by atoms with Crippen LogP contribution in [0.25, 0.3) is 27.9 Å². The van der Waals surface area contributed by atoms with Gasteiger partial charge in [-0.3, -0.25) is 9.20 Å². The lowest BCUT2D eigenvalue weighted by Gasteiger charge is -2.05. The molecule has 5 aromatic rings. The quantitative estimate of drug-likeness (QED) is 0.437. The minimum Gasteiger partial charge on any atom is -0.464 e. The van der Waals surface area contributed by atoms with E-state index in [1.165, 1.54) is 0 Å². The number of rotatable bonds is 3. The molecular formula is C21H14ClN3O3. The Kier molecular flexibility index (Phi) is 3.74. The first kappa shape index (κ1) is 16.6. The number of imidazole rings is 1. The molecular weight excluding hydrogens is 378 g/mol. The number of hydrogen-bond donors (Lipinski definition) is 1. The number of aromatic nitrogens is 2. The predicted octanol–water partition coefficient (Wildman–Crippen LogP) is 5.55. The number of pyridine rings is 1. The molecule has 138 valence electrons. The highest BCUT2D eigenvalue weighted by Crippen LogP contribution is 2.28. The number of anilines is 1. The zero-order valence-electron chi connectivity index (χ0n) is 14.8. The minimum absolute atomic E-state index is 0.200. The van der Waals surface area contributed by atoms with Gasteiger partial charge in [0.25, 0.3) is 5.91 Å². The van der Waals surface area contributed by atoms with Crippen LogP contribution in [-0.4, -0.2) is 15.3 Å². The van der Waals surface area contributed by atoms with Crippen LogP contribution in [0.15, 0.2) is 69.8 Å². The summed E-state index contributed by atoms with van der Waals surface area (Å²) in [7, 11) is 0. The van der Waals surface area contributed by atoms with E-state index < -0.39 is 0 Å². The van der Waals surface area contributed by atoms with Crippen molar-refractivity contribution >= 4 is 39.9 Å². The number of nitrogens with one attached hydrogen (secondary N) is 1. The number of carbonyl (C=O) groups is 1. The summed E-state index contributed by atoms with van der Waals surface area (Å²) in [5, 5.41) is 4.38. The van der Waals surface area contributed by atoms with Gasteiger partial charge in [-0.25, -0.2) is 4.98 Å². The maximum absolute atomic E-state index is 12.7. The highest BCUT2D eigenvalue weighted by atomic mass is 35.5. The molecule has 1 aromatic carbocycles. The molecule has 5 rings (SSSR count). The first-order chi connectivity index (χ1) is 13.6.